The largest absolute Gasteiger partial charge is 0.477 e. The number of likely N-dealkylation sites (tertiary alicyclic amines) is 1. The van der Waals surface area contributed by atoms with Crippen molar-refractivity contribution in [1.82, 2.24) is 14.9 Å². The lowest BCUT2D eigenvalue weighted by Crippen LogP contribution is -2.43. The monoisotopic (exact) mass is 558 g/mol. The minimum absolute atomic E-state index is 0.00406. The van der Waals surface area contributed by atoms with Gasteiger partial charge in [0.25, 0.3) is 0 Å². The van der Waals surface area contributed by atoms with Gasteiger partial charge in [0.1, 0.15) is 5.82 Å². The van der Waals surface area contributed by atoms with Crippen molar-refractivity contribution < 1.29 is 9.53 Å². The first-order valence-electron chi connectivity index (χ1n) is 12.5. The van der Waals surface area contributed by atoms with Crippen molar-refractivity contribution in [2.45, 2.75) is 25.7 Å². The Bertz CT molecular complexity index is 1220. The molecule has 2 aromatic heterocycles. The smallest absolute Gasteiger partial charge is 0.225 e. The number of aromatic nitrogens is 2. The maximum absolute atomic E-state index is 13.7. The summed E-state index contributed by atoms with van der Waals surface area (Å²) in [5.41, 5.74) is 0.858. The van der Waals surface area contributed by atoms with Gasteiger partial charge in [-0.2, -0.15) is 0 Å². The molecule has 1 amide bonds. The summed E-state index contributed by atoms with van der Waals surface area (Å²) in [6, 6.07) is 15.2. The summed E-state index contributed by atoms with van der Waals surface area (Å²) < 4.78 is 6.11. The quantitative estimate of drug-likeness (QED) is 0.351. The topological polar surface area (TPSA) is 58.6 Å². The van der Waals surface area contributed by atoms with E-state index in [4.69, 9.17) is 39.5 Å². The van der Waals surface area contributed by atoms with Crippen LogP contribution in [0.1, 0.15) is 31.2 Å². The molecule has 0 aliphatic carbocycles. The van der Waals surface area contributed by atoms with E-state index in [2.05, 4.69) is 33.9 Å². The zero-order valence-electron chi connectivity index (χ0n) is 20.6. The molecule has 9 heteroatoms. The van der Waals surface area contributed by atoms with Crippen LogP contribution in [0, 0.1) is 11.3 Å². The van der Waals surface area contributed by atoms with Crippen molar-refractivity contribution in [1.29, 1.82) is 0 Å². The summed E-state index contributed by atoms with van der Waals surface area (Å²) in [7, 11) is 0. The molecule has 2 aliphatic rings. The average molecular weight is 560 g/mol. The van der Waals surface area contributed by atoms with Crippen LogP contribution in [0.4, 0.5) is 5.82 Å². The van der Waals surface area contributed by atoms with E-state index in [-0.39, 0.29) is 23.2 Å². The highest BCUT2D eigenvalue weighted by atomic mass is 35.5. The second-order valence-electron chi connectivity index (χ2n) is 10.2. The minimum atomic E-state index is -0.293. The lowest BCUT2D eigenvalue weighted by Gasteiger charge is -2.34. The van der Waals surface area contributed by atoms with Crippen LogP contribution in [0.3, 0.4) is 0 Å². The van der Waals surface area contributed by atoms with Crippen LogP contribution in [-0.2, 0) is 4.79 Å². The Morgan fingerprint density at radius 2 is 1.59 bits per heavy atom. The van der Waals surface area contributed by atoms with E-state index in [1.165, 1.54) is 0 Å². The molecular weight excluding hydrogens is 531 g/mol. The van der Waals surface area contributed by atoms with E-state index >= 15 is 0 Å². The van der Waals surface area contributed by atoms with Crippen LogP contribution in [-0.4, -0.2) is 53.6 Å². The first-order chi connectivity index (χ1) is 17.8. The zero-order valence-corrected chi connectivity index (χ0v) is 22.9. The number of anilines is 1. The van der Waals surface area contributed by atoms with Crippen LogP contribution in [0.2, 0.25) is 15.1 Å². The first-order valence-corrected chi connectivity index (χ1v) is 13.6. The van der Waals surface area contributed by atoms with Gasteiger partial charge in [-0.15, -0.1) is 0 Å². The molecule has 5 rings (SSSR count). The standard InChI is InChI=1S/C28H29Cl3N4O2/c1-28(18-37-26-9-7-23(31)15-33-26)17-35(16-24(28)19-2-4-21(29)5-3-19)27(36)20-10-12-34(13-11-20)25-8-6-22(30)14-32-25/h2-9,14-15,20,24H,10-13,16-18H2,1H3. The van der Waals surface area contributed by atoms with Gasteiger partial charge in [-0.3, -0.25) is 4.79 Å². The van der Waals surface area contributed by atoms with E-state index in [1.54, 1.807) is 24.5 Å². The van der Waals surface area contributed by atoms with E-state index in [0.29, 0.717) is 40.6 Å². The molecular formula is C28H29Cl3N4O2. The number of piperidine rings is 1. The molecule has 0 bridgehead atoms. The number of carbonyl (C=O) groups is 1. The summed E-state index contributed by atoms with van der Waals surface area (Å²) in [5.74, 6) is 1.75. The van der Waals surface area contributed by atoms with Crippen molar-refractivity contribution >= 4 is 46.5 Å². The van der Waals surface area contributed by atoms with Crippen LogP contribution < -0.4 is 9.64 Å². The van der Waals surface area contributed by atoms with E-state index < -0.39 is 0 Å². The van der Waals surface area contributed by atoms with Gasteiger partial charge in [0.15, 0.2) is 0 Å². The Hall–Kier alpha value is -2.54. The van der Waals surface area contributed by atoms with Crippen LogP contribution >= 0.6 is 34.8 Å². The normalized spacial score (nSPS) is 22.3. The van der Waals surface area contributed by atoms with Crippen molar-refractivity contribution in [3.63, 3.8) is 0 Å². The van der Waals surface area contributed by atoms with Gasteiger partial charge in [-0.25, -0.2) is 9.97 Å². The van der Waals surface area contributed by atoms with Crippen molar-refractivity contribution in [2.75, 3.05) is 37.7 Å². The highest BCUT2D eigenvalue weighted by Crippen LogP contribution is 2.44. The lowest BCUT2D eigenvalue weighted by molar-refractivity contribution is -0.135. The third-order valence-electron chi connectivity index (χ3n) is 7.51. The number of carbonyl (C=O) groups excluding carboxylic acids is 1. The molecule has 2 atom stereocenters. The van der Waals surface area contributed by atoms with E-state index in [0.717, 1.165) is 37.3 Å². The Kier molecular flexibility index (Phi) is 7.80. The van der Waals surface area contributed by atoms with Gasteiger partial charge >= 0.3 is 0 Å². The Morgan fingerprint density at radius 1 is 0.946 bits per heavy atom. The molecule has 0 saturated carbocycles. The van der Waals surface area contributed by atoms with Gasteiger partial charge < -0.3 is 14.5 Å². The van der Waals surface area contributed by atoms with Gasteiger partial charge in [0.05, 0.1) is 16.7 Å². The Balaban J connectivity index is 1.28. The number of hydrogen-bond donors (Lipinski definition) is 0. The molecule has 2 unspecified atom stereocenters. The molecule has 4 heterocycles. The Morgan fingerprint density at radius 3 is 2.22 bits per heavy atom. The second kappa shape index (κ2) is 11.1. The number of amides is 1. The molecule has 3 aromatic rings. The highest BCUT2D eigenvalue weighted by molar-refractivity contribution is 6.31. The SMILES string of the molecule is CC1(COc2ccc(Cl)cn2)CN(C(=O)C2CCN(c3ccc(Cl)cn3)CC2)CC1c1ccc(Cl)cc1. The summed E-state index contributed by atoms with van der Waals surface area (Å²) in [6.07, 6.45) is 4.84. The molecule has 194 valence electrons. The summed E-state index contributed by atoms with van der Waals surface area (Å²) >= 11 is 18.1. The molecule has 0 radical (unpaired) electrons. The van der Waals surface area contributed by atoms with Crippen LogP contribution in [0.15, 0.2) is 60.9 Å². The van der Waals surface area contributed by atoms with Crippen molar-refractivity contribution in [3.05, 3.63) is 81.6 Å². The van der Waals surface area contributed by atoms with Crippen LogP contribution in [0.25, 0.3) is 0 Å². The number of nitrogens with zero attached hydrogens (tertiary/aromatic N) is 4. The fraction of sp³-hybridized carbons (Fsp3) is 0.393. The fourth-order valence-electron chi connectivity index (χ4n) is 5.42. The number of benzene rings is 1. The predicted molar refractivity (Wildman–Crippen MR) is 148 cm³/mol. The maximum Gasteiger partial charge on any atom is 0.225 e. The highest BCUT2D eigenvalue weighted by Gasteiger charge is 2.47. The van der Waals surface area contributed by atoms with E-state index in [1.807, 2.05) is 29.2 Å². The van der Waals surface area contributed by atoms with Gasteiger partial charge in [-0.1, -0.05) is 53.9 Å². The lowest BCUT2D eigenvalue weighted by atomic mass is 9.77. The van der Waals surface area contributed by atoms with Gasteiger partial charge in [0.2, 0.25) is 11.8 Å². The zero-order chi connectivity index (χ0) is 26.0. The summed E-state index contributed by atoms with van der Waals surface area (Å²) in [4.78, 5) is 26.7. The summed E-state index contributed by atoms with van der Waals surface area (Å²) in [5, 5.41) is 1.88. The number of ether oxygens (including phenoxy) is 1. The molecule has 6 nitrogen and oxygen atoms in total. The number of hydrogen-bond acceptors (Lipinski definition) is 5. The molecule has 37 heavy (non-hydrogen) atoms. The molecule has 2 aliphatic heterocycles. The predicted octanol–water partition coefficient (Wildman–Crippen LogP) is 6.36. The number of rotatable bonds is 6. The van der Waals surface area contributed by atoms with Crippen molar-refractivity contribution in [3.8, 4) is 5.88 Å². The first kappa shape index (κ1) is 26.1. The third kappa shape index (κ3) is 5.97. The summed E-state index contributed by atoms with van der Waals surface area (Å²) in [6.45, 7) is 5.47. The molecule has 0 N–H and O–H groups in total. The van der Waals surface area contributed by atoms with Gasteiger partial charge in [-0.05, 0) is 48.7 Å². The Labute approximate surface area is 232 Å². The number of pyridine rings is 2. The molecule has 2 saturated heterocycles. The van der Waals surface area contributed by atoms with E-state index in [9.17, 15) is 4.79 Å². The number of halogens is 3. The minimum Gasteiger partial charge on any atom is -0.477 e. The second-order valence-corrected chi connectivity index (χ2v) is 11.5. The third-order valence-corrected chi connectivity index (χ3v) is 8.21. The fourth-order valence-corrected chi connectivity index (χ4v) is 5.77. The van der Waals surface area contributed by atoms with Crippen LogP contribution in [0.5, 0.6) is 5.88 Å². The van der Waals surface area contributed by atoms with Gasteiger partial charge in [0, 0.05) is 66.9 Å². The van der Waals surface area contributed by atoms with Crippen molar-refractivity contribution in [2.24, 2.45) is 11.3 Å². The molecule has 1 aromatic carbocycles. The molecule has 0 spiro atoms. The average Bonchev–Trinajstić information content (AvgIpc) is 3.26. The maximum atomic E-state index is 13.7. The molecule has 2 fully saturated rings.